The molecule has 21 heavy (non-hydrogen) atoms. The van der Waals surface area contributed by atoms with Crippen LogP contribution in [0.3, 0.4) is 0 Å². The number of anilines is 1. The molecular formula is C12H12N4O4S. The topological polar surface area (TPSA) is 120 Å². The molecule has 2 rings (SSSR count). The van der Waals surface area contributed by atoms with Crippen LogP contribution in [0.25, 0.3) is 0 Å². The number of nitrogens with two attached hydrogens (primary N) is 1. The summed E-state index contributed by atoms with van der Waals surface area (Å²) in [7, 11) is 1.49. The van der Waals surface area contributed by atoms with Crippen LogP contribution in [0.15, 0.2) is 24.4 Å². The Labute approximate surface area is 123 Å². The van der Waals surface area contributed by atoms with E-state index in [-0.39, 0.29) is 18.0 Å². The maximum atomic E-state index is 11.5. The minimum atomic E-state index is -0.526. The normalized spacial score (nSPS) is 10.1. The molecule has 110 valence electrons. The Hall–Kier alpha value is -2.68. The number of non-ortho nitro benzene ring substituents is 1. The number of nitro benzene ring substituents is 1. The van der Waals surface area contributed by atoms with Gasteiger partial charge in [0, 0.05) is 24.7 Å². The quantitative estimate of drug-likeness (QED) is 0.641. The van der Waals surface area contributed by atoms with E-state index in [1.165, 1.54) is 31.4 Å². The Kier molecular flexibility index (Phi) is 4.33. The van der Waals surface area contributed by atoms with E-state index in [0.29, 0.717) is 21.5 Å². The van der Waals surface area contributed by atoms with Crippen molar-refractivity contribution in [3.8, 4) is 10.8 Å². The molecule has 0 radical (unpaired) electrons. The molecule has 0 spiro atoms. The summed E-state index contributed by atoms with van der Waals surface area (Å²) in [5.41, 5.74) is 5.82. The molecule has 9 heteroatoms. The predicted octanol–water partition coefficient (Wildman–Crippen LogP) is 1.71. The van der Waals surface area contributed by atoms with Crippen molar-refractivity contribution in [3.05, 3.63) is 40.1 Å². The molecule has 0 atom stereocenters. The highest BCUT2D eigenvalue weighted by Gasteiger charge is 2.15. The van der Waals surface area contributed by atoms with Crippen molar-refractivity contribution >= 4 is 28.1 Å². The first-order valence-corrected chi connectivity index (χ1v) is 6.68. The molecule has 0 saturated carbocycles. The molecule has 0 aliphatic carbocycles. The molecule has 0 unspecified atom stereocenters. The standard InChI is InChI=1S/C12H12N4O4S/c1-14-10(17)5-7-4-8(16(18)19)2-3-9(7)20-11-6-15-12(13)21-11/h2-4,6H,5H2,1H3,(H2,13,15)(H,14,17). The first-order chi connectivity index (χ1) is 9.99. The molecule has 8 nitrogen and oxygen atoms in total. The summed E-state index contributed by atoms with van der Waals surface area (Å²) in [6.45, 7) is 0. The van der Waals surface area contributed by atoms with Gasteiger partial charge < -0.3 is 15.8 Å². The average Bonchev–Trinajstić information content (AvgIpc) is 2.85. The van der Waals surface area contributed by atoms with Gasteiger partial charge in [0.05, 0.1) is 17.5 Å². The Bertz CT molecular complexity index is 686. The molecule has 2 aromatic rings. The number of likely N-dealkylation sites (N-methyl/N-ethyl adjacent to an activating group) is 1. The predicted molar refractivity (Wildman–Crippen MR) is 77.5 cm³/mol. The van der Waals surface area contributed by atoms with Crippen molar-refractivity contribution in [2.45, 2.75) is 6.42 Å². The van der Waals surface area contributed by atoms with Crippen LogP contribution >= 0.6 is 11.3 Å². The third kappa shape index (κ3) is 3.66. The van der Waals surface area contributed by atoms with Crippen LogP contribution in [-0.4, -0.2) is 22.9 Å². The molecule has 0 bridgehead atoms. The number of amides is 1. The number of carbonyl (C=O) groups excluding carboxylic acids is 1. The lowest BCUT2D eigenvalue weighted by atomic mass is 10.1. The Balaban J connectivity index is 2.33. The van der Waals surface area contributed by atoms with E-state index in [4.69, 9.17) is 10.5 Å². The van der Waals surface area contributed by atoms with Gasteiger partial charge in [0.25, 0.3) is 5.69 Å². The third-order valence-corrected chi connectivity index (χ3v) is 3.30. The molecule has 1 heterocycles. The number of nitro groups is 1. The van der Waals surface area contributed by atoms with Crippen LogP contribution < -0.4 is 15.8 Å². The van der Waals surface area contributed by atoms with Crippen LogP contribution in [0, 0.1) is 10.1 Å². The van der Waals surface area contributed by atoms with Gasteiger partial charge in [-0.3, -0.25) is 14.9 Å². The Morgan fingerprint density at radius 2 is 2.33 bits per heavy atom. The smallest absolute Gasteiger partial charge is 0.269 e. The highest BCUT2D eigenvalue weighted by atomic mass is 32.1. The summed E-state index contributed by atoms with van der Waals surface area (Å²) in [6.07, 6.45) is 1.42. The van der Waals surface area contributed by atoms with Crippen molar-refractivity contribution in [2.24, 2.45) is 0 Å². The summed E-state index contributed by atoms with van der Waals surface area (Å²) >= 11 is 1.14. The van der Waals surface area contributed by atoms with Gasteiger partial charge in [0.1, 0.15) is 5.75 Å². The summed E-state index contributed by atoms with van der Waals surface area (Å²) < 4.78 is 5.58. The fraction of sp³-hybridized carbons (Fsp3) is 0.167. The van der Waals surface area contributed by atoms with Crippen LogP contribution in [-0.2, 0) is 11.2 Å². The Morgan fingerprint density at radius 1 is 1.57 bits per heavy atom. The molecule has 1 amide bonds. The van der Waals surface area contributed by atoms with Gasteiger partial charge in [-0.15, -0.1) is 0 Å². The summed E-state index contributed by atoms with van der Waals surface area (Å²) in [5, 5.41) is 14.1. The van der Waals surface area contributed by atoms with Crippen LogP contribution in [0.5, 0.6) is 10.8 Å². The number of hydrogen-bond acceptors (Lipinski definition) is 7. The zero-order chi connectivity index (χ0) is 15.4. The summed E-state index contributed by atoms with van der Waals surface area (Å²) in [5.74, 6) is 0.0806. The van der Waals surface area contributed by atoms with Gasteiger partial charge in [0.15, 0.2) is 5.13 Å². The van der Waals surface area contributed by atoms with E-state index in [2.05, 4.69) is 10.3 Å². The van der Waals surface area contributed by atoms with E-state index >= 15 is 0 Å². The van der Waals surface area contributed by atoms with E-state index in [9.17, 15) is 14.9 Å². The molecule has 1 aromatic heterocycles. The molecule has 0 saturated heterocycles. The minimum absolute atomic E-state index is 0.0260. The number of hydrogen-bond donors (Lipinski definition) is 2. The van der Waals surface area contributed by atoms with Crippen molar-refractivity contribution in [1.82, 2.24) is 10.3 Å². The van der Waals surface area contributed by atoms with E-state index in [1.54, 1.807) is 0 Å². The molecule has 0 fully saturated rings. The average molecular weight is 308 g/mol. The second-order valence-electron chi connectivity index (χ2n) is 4.02. The zero-order valence-corrected chi connectivity index (χ0v) is 11.8. The van der Waals surface area contributed by atoms with Gasteiger partial charge in [-0.05, 0) is 6.07 Å². The Morgan fingerprint density at radius 3 is 2.90 bits per heavy atom. The first kappa shape index (κ1) is 14.7. The summed E-state index contributed by atoms with van der Waals surface area (Å²) in [4.78, 5) is 25.6. The van der Waals surface area contributed by atoms with Gasteiger partial charge in [-0.2, -0.15) is 0 Å². The molecule has 0 aliphatic heterocycles. The van der Waals surface area contributed by atoms with Crippen LogP contribution in [0.2, 0.25) is 0 Å². The van der Waals surface area contributed by atoms with Gasteiger partial charge in [-0.25, -0.2) is 4.98 Å². The van der Waals surface area contributed by atoms with Crippen LogP contribution in [0.4, 0.5) is 10.8 Å². The van der Waals surface area contributed by atoms with E-state index < -0.39 is 4.92 Å². The second kappa shape index (κ2) is 6.18. The van der Waals surface area contributed by atoms with E-state index in [1.807, 2.05) is 0 Å². The van der Waals surface area contributed by atoms with Crippen molar-refractivity contribution in [2.75, 3.05) is 12.8 Å². The maximum absolute atomic E-state index is 11.5. The number of thiazole rings is 1. The lowest BCUT2D eigenvalue weighted by molar-refractivity contribution is -0.384. The summed E-state index contributed by atoms with van der Waals surface area (Å²) in [6, 6.07) is 4.08. The highest BCUT2D eigenvalue weighted by molar-refractivity contribution is 7.17. The van der Waals surface area contributed by atoms with Crippen molar-refractivity contribution in [1.29, 1.82) is 0 Å². The monoisotopic (exact) mass is 308 g/mol. The van der Waals surface area contributed by atoms with Crippen molar-refractivity contribution in [3.63, 3.8) is 0 Å². The second-order valence-corrected chi connectivity index (χ2v) is 5.04. The fourth-order valence-electron chi connectivity index (χ4n) is 1.61. The maximum Gasteiger partial charge on any atom is 0.269 e. The van der Waals surface area contributed by atoms with Crippen molar-refractivity contribution < 1.29 is 14.5 Å². The largest absolute Gasteiger partial charge is 0.445 e. The van der Waals surface area contributed by atoms with Gasteiger partial charge in [0.2, 0.25) is 11.0 Å². The molecule has 3 N–H and O–H groups in total. The number of carbonyl (C=O) groups is 1. The lowest BCUT2D eigenvalue weighted by Crippen LogP contribution is -2.20. The molecule has 1 aromatic carbocycles. The van der Waals surface area contributed by atoms with E-state index in [0.717, 1.165) is 11.3 Å². The number of benzene rings is 1. The van der Waals surface area contributed by atoms with Crippen LogP contribution in [0.1, 0.15) is 5.56 Å². The fourth-order valence-corrected chi connectivity index (χ4v) is 2.15. The lowest BCUT2D eigenvalue weighted by Gasteiger charge is -2.09. The number of nitrogens with zero attached hydrogens (tertiary/aromatic N) is 2. The number of nitrogens with one attached hydrogen (secondary N) is 1. The van der Waals surface area contributed by atoms with Gasteiger partial charge in [-0.1, -0.05) is 11.3 Å². The number of aromatic nitrogens is 1. The van der Waals surface area contributed by atoms with Gasteiger partial charge >= 0.3 is 0 Å². The first-order valence-electron chi connectivity index (χ1n) is 5.86. The molecular weight excluding hydrogens is 296 g/mol. The number of ether oxygens (including phenoxy) is 1. The number of rotatable bonds is 5. The highest BCUT2D eigenvalue weighted by Crippen LogP contribution is 2.32. The molecule has 0 aliphatic rings. The minimum Gasteiger partial charge on any atom is -0.445 e. The zero-order valence-electron chi connectivity index (χ0n) is 11.0. The SMILES string of the molecule is CNC(=O)Cc1cc([N+](=O)[O-])ccc1Oc1cnc(N)s1. The number of nitrogen functional groups attached to an aromatic ring is 1. The third-order valence-electron chi connectivity index (χ3n) is 2.60.